The summed E-state index contributed by atoms with van der Waals surface area (Å²) in [5.41, 5.74) is 1.23. The third kappa shape index (κ3) is 11.5. The number of ether oxygens (including phenoxy) is 3. The molecule has 0 amide bonds. The molecule has 0 saturated carbocycles. The summed E-state index contributed by atoms with van der Waals surface area (Å²) in [6.45, 7) is 8.58. The molecule has 0 aromatic heterocycles. The fourth-order valence-corrected chi connectivity index (χ4v) is 1.78. The molecule has 0 spiro atoms. The first-order chi connectivity index (χ1) is 11.3. The molecule has 1 rings (SSSR count). The number of hydrogen-bond donors (Lipinski definition) is 2. The molecule has 0 bridgehead atoms. The lowest BCUT2D eigenvalue weighted by Crippen LogP contribution is -2.39. The Morgan fingerprint density at radius 3 is 2.46 bits per heavy atom. The van der Waals surface area contributed by atoms with Gasteiger partial charge >= 0.3 is 0 Å². The Balaban J connectivity index is 0.00000529. The Bertz CT molecular complexity index is 441. The van der Waals surface area contributed by atoms with E-state index in [0.29, 0.717) is 39.5 Å². The van der Waals surface area contributed by atoms with E-state index in [2.05, 4.69) is 22.5 Å². The van der Waals surface area contributed by atoms with Crippen molar-refractivity contribution in [3.05, 3.63) is 29.8 Å². The highest BCUT2D eigenvalue weighted by Gasteiger charge is 1.98. The molecule has 138 valence electrons. The number of hydrogen-bond acceptors (Lipinski definition) is 4. The highest BCUT2D eigenvalue weighted by molar-refractivity contribution is 14.0. The fraction of sp³-hybridized carbons (Fsp3) is 0.588. The van der Waals surface area contributed by atoms with Gasteiger partial charge in [-0.3, -0.25) is 4.99 Å². The highest BCUT2D eigenvalue weighted by Crippen LogP contribution is 2.10. The maximum atomic E-state index is 5.68. The van der Waals surface area contributed by atoms with Crippen LogP contribution in [0.2, 0.25) is 0 Å². The van der Waals surface area contributed by atoms with Crippen molar-refractivity contribution in [1.82, 2.24) is 10.6 Å². The number of guanidine groups is 1. The standard InChI is InChI=1S/C17H29N3O3.HI/c1-4-18-17(19-9-11-22-14-13-21-3)20-10-12-23-16-7-5-15(2)6-8-16;/h5-8H,4,9-14H2,1-3H3,(H2,18,19,20);1H. The Morgan fingerprint density at radius 2 is 1.79 bits per heavy atom. The van der Waals surface area contributed by atoms with Gasteiger partial charge in [0, 0.05) is 13.7 Å². The van der Waals surface area contributed by atoms with Crippen LogP contribution in [0.15, 0.2) is 29.3 Å². The molecular formula is C17H30IN3O3. The van der Waals surface area contributed by atoms with E-state index in [9.17, 15) is 0 Å². The lowest BCUT2D eigenvalue weighted by atomic mass is 10.2. The molecular weight excluding hydrogens is 421 g/mol. The molecule has 0 aliphatic rings. The summed E-state index contributed by atoms with van der Waals surface area (Å²) in [5, 5.41) is 6.43. The maximum absolute atomic E-state index is 5.68. The van der Waals surface area contributed by atoms with Crippen LogP contribution in [0.5, 0.6) is 5.75 Å². The molecule has 24 heavy (non-hydrogen) atoms. The van der Waals surface area contributed by atoms with E-state index in [4.69, 9.17) is 14.2 Å². The predicted octanol–water partition coefficient (Wildman–Crippen LogP) is 2.21. The van der Waals surface area contributed by atoms with Crippen molar-refractivity contribution >= 4 is 29.9 Å². The van der Waals surface area contributed by atoms with Gasteiger partial charge in [0.25, 0.3) is 0 Å². The van der Waals surface area contributed by atoms with Crippen LogP contribution in [-0.2, 0) is 9.47 Å². The average Bonchev–Trinajstić information content (AvgIpc) is 2.56. The molecule has 0 fully saturated rings. The zero-order chi connectivity index (χ0) is 16.8. The zero-order valence-corrected chi connectivity index (χ0v) is 17.2. The maximum Gasteiger partial charge on any atom is 0.191 e. The molecule has 6 nitrogen and oxygen atoms in total. The van der Waals surface area contributed by atoms with Gasteiger partial charge in [-0.2, -0.15) is 0 Å². The van der Waals surface area contributed by atoms with Gasteiger partial charge in [-0.05, 0) is 26.0 Å². The van der Waals surface area contributed by atoms with Gasteiger partial charge in [0.15, 0.2) is 5.96 Å². The first-order valence-electron chi connectivity index (χ1n) is 8.04. The summed E-state index contributed by atoms with van der Waals surface area (Å²) in [4.78, 5) is 4.44. The number of benzene rings is 1. The molecule has 1 aromatic rings. The van der Waals surface area contributed by atoms with Gasteiger partial charge in [-0.15, -0.1) is 24.0 Å². The lowest BCUT2D eigenvalue weighted by Gasteiger charge is -2.12. The number of aryl methyl sites for hydroxylation is 1. The van der Waals surface area contributed by atoms with E-state index in [1.807, 2.05) is 31.2 Å². The van der Waals surface area contributed by atoms with Gasteiger partial charge in [0.05, 0.1) is 32.9 Å². The molecule has 0 atom stereocenters. The number of rotatable bonds is 11. The first-order valence-corrected chi connectivity index (χ1v) is 8.04. The number of nitrogens with one attached hydrogen (secondary N) is 2. The summed E-state index contributed by atoms with van der Waals surface area (Å²) in [6.07, 6.45) is 0. The first kappa shape index (κ1) is 22.9. The summed E-state index contributed by atoms with van der Waals surface area (Å²) in [5.74, 6) is 1.65. The minimum atomic E-state index is 0. The van der Waals surface area contributed by atoms with Gasteiger partial charge in [-0.25, -0.2) is 0 Å². The predicted molar refractivity (Wildman–Crippen MR) is 109 cm³/mol. The third-order valence-corrected chi connectivity index (χ3v) is 2.97. The summed E-state index contributed by atoms with van der Waals surface area (Å²) >= 11 is 0. The van der Waals surface area contributed by atoms with Gasteiger partial charge in [0.1, 0.15) is 12.4 Å². The topological polar surface area (TPSA) is 64.1 Å². The minimum absolute atomic E-state index is 0. The molecule has 7 heteroatoms. The number of aliphatic imine (C=N–C) groups is 1. The van der Waals surface area contributed by atoms with Crippen molar-refractivity contribution in [3.8, 4) is 5.75 Å². The van der Waals surface area contributed by atoms with Gasteiger partial charge in [0.2, 0.25) is 0 Å². The molecule has 0 unspecified atom stereocenters. The number of halogens is 1. The molecule has 2 N–H and O–H groups in total. The Kier molecular flexibility index (Phi) is 14.8. The lowest BCUT2D eigenvalue weighted by molar-refractivity contribution is 0.0748. The van der Waals surface area contributed by atoms with E-state index < -0.39 is 0 Å². The monoisotopic (exact) mass is 451 g/mol. The van der Waals surface area contributed by atoms with E-state index in [0.717, 1.165) is 18.3 Å². The molecule has 0 heterocycles. The van der Waals surface area contributed by atoms with Crippen LogP contribution in [-0.4, -0.2) is 59.1 Å². The van der Waals surface area contributed by atoms with Crippen LogP contribution >= 0.6 is 24.0 Å². The van der Waals surface area contributed by atoms with Crippen molar-refractivity contribution in [2.24, 2.45) is 4.99 Å². The molecule has 0 radical (unpaired) electrons. The summed E-state index contributed by atoms with van der Waals surface area (Å²) in [6, 6.07) is 8.04. The molecule has 0 aliphatic heterocycles. The highest BCUT2D eigenvalue weighted by atomic mass is 127. The second-order valence-electron chi connectivity index (χ2n) is 4.95. The fourth-order valence-electron chi connectivity index (χ4n) is 1.78. The Morgan fingerprint density at radius 1 is 1.04 bits per heavy atom. The summed E-state index contributed by atoms with van der Waals surface area (Å²) < 4.78 is 16.0. The third-order valence-electron chi connectivity index (χ3n) is 2.97. The van der Waals surface area contributed by atoms with Crippen molar-refractivity contribution in [1.29, 1.82) is 0 Å². The van der Waals surface area contributed by atoms with Crippen LogP contribution < -0.4 is 15.4 Å². The van der Waals surface area contributed by atoms with Gasteiger partial charge < -0.3 is 24.8 Å². The second-order valence-corrected chi connectivity index (χ2v) is 4.95. The average molecular weight is 451 g/mol. The van der Waals surface area contributed by atoms with Crippen molar-refractivity contribution in [2.75, 3.05) is 53.2 Å². The van der Waals surface area contributed by atoms with Crippen LogP contribution in [0, 0.1) is 6.92 Å². The van der Waals surface area contributed by atoms with E-state index in [1.165, 1.54) is 5.56 Å². The van der Waals surface area contributed by atoms with E-state index in [1.54, 1.807) is 7.11 Å². The molecule has 0 aliphatic carbocycles. The second kappa shape index (κ2) is 15.5. The van der Waals surface area contributed by atoms with E-state index >= 15 is 0 Å². The quantitative estimate of drug-likeness (QED) is 0.234. The molecule has 0 saturated heterocycles. The van der Waals surface area contributed by atoms with Crippen molar-refractivity contribution < 1.29 is 14.2 Å². The van der Waals surface area contributed by atoms with Crippen molar-refractivity contribution in [2.45, 2.75) is 13.8 Å². The Hall–Kier alpha value is -1.06. The smallest absolute Gasteiger partial charge is 0.191 e. The van der Waals surface area contributed by atoms with Gasteiger partial charge in [-0.1, -0.05) is 17.7 Å². The van der Waals surface area contributed by atoms with Crippen LogP contribution in [0.4, 0.5) is 0 Å². The number of methoxy groups -OCH3 is 1. The zero-order valence-electron chi connectivity index (χ0n) is 14.8. The summed E-state index contributed by atoms with van der Waals surface area (Å²) in [7, 11) is 1.66. The minimum Gasteiger partial charge on any atom is -0.492 e. The van der Waals surface area contributed by atoms with E-state index in [-0.39, 0.29) is 24.0 Å². The SMILES string of the molecule is CCNC(=NCCOCCOC)NCCOc1ccc(C)cc1.I. The molecule has 1 aromatic carbocycles. The largest absolute Gasteiger partial charge is 0.492 e. The normalized spacial score (nSPS) is 10.9. The van der Waals surface area contributed by atoms with Crippen LogP contribution in [0.25, 0.3) is 0 Å². The number of nitrogens with zero attached hydrogens (tertiary/aromatic N) is 1. The van der Waals surface area contributed by atoms with Crippen molar-refractivity contribution in [3.63, 3.8) is 0 Å². The van der Waals surface area contributed by atoms with Crippen LogP contribution in [0.3, 0.4) is 0 Å². The van der Waals surface area contributed by atoms with Crippen LogP contribution in [0.1, 0.15) is 12.5 Å². The Labute approximate surface area is 162 Å².